The van der Waals surface area contributed by atoms with Gasteiger partial charge in [-0.1, -0.05) is 47.5 Å². The van der Waals surface area contributed by atoms with E-state index in [4.69, 9.17) is 37.4 Å². The quantitative estimate of drug-likeness (QED) is 0.434. The van der Waals surface area contributed by atoms with Gasteiger partial charge in [-0.05, 0) is 83.3 Å². The van der Waals surface area contributed by atoms with Crippen molar-refractivity contribution in [1.82, 2.24) is 5.32 Å². The summed E-state index contributed by atoms with van der Waals surface area (Å²) in [5, 5.41) is 4.35. The first-order valence-electron chi connectivity index (χ1n) is 11.8. The average Bonchev–Trinajstić information content (AvgIpc) is 3.09. The second-order valence-electron chi connectivity index (χ2n) is 9.03. The molecule has 5 nitrogen and oxygen atoms in total. The molecule has 0 unspecified atom stereocenters. The molecule has 0 bridgehead atoms. The summed E-state index contributed by atoms with van der Waals surface area (Å²) in [5.41, 5.74) is 5.82. The number of esters is 1. The molecule has 2 aliphatic rings. The van der Waals surface area contributed by atoms with Crippen molar-refractivity contribution in [1.29, 1.82) is 0 Å². The summed E-state index contributed by atoms with van der Waals surface area (Å²) in [4.78, 5) is 11.9. The highest BCUT2D eigenvalue weighted by Gasteiger charge is 2.27. The maximum absolute atomic E-state index is 11.9. The lowest BCUT2D eigenvalue weighted by molar-refractivity contribution is -0.143. The molecule has 3 aromatic rings. The number of nitrogens with one attached hydrogen (secondary N) is 1. The smallest absolute Gasteiger partial charge is 0.323 e. The van der Waals surface area contributed by atoms with Crippen LogP contribution in [0.1, 0.15) is 40.2 Å². The highest BCUT2D eigenvalue weighted by Crippen LogP contribution is 2.36. The fraction of sp³-hybridized carbons (Fsp3) is 0.321. The van der Waals surface area contributed by atoms with Gasteiger partial charge in [0, 0.05) is 6.54 Å². The van der Waals surface area contributed by atoms with Crippen LogP contribution in [0.2, 0.25) is 10.0 Å². The van der Waals surface area contributed by atoms with Crippen LogP contribution in [0.3, 0.4) is 0 Å². The van der Waals surface area contributed by atoms with Crippen molar-refractivity contribution >= 4 is 29.2 Å². The maximum Gasteiger partial charge on any atom is 0.323 e. The minimum absolute atomic E-state index is 0.226. The summed E-state index contributed by atoms with van der Waals surface area (Å²) in [5.74, 6) is 1.87. The number of carbonyl (C=O) groups excluding carboxylic acids is 1. The molecule has 0 amide bonds. The molecule has 2 heterocycles. The highest BCUT2D eigenvalue weighted by atomic mass is 35.5. The predicted octanol–water partition coefficient (Wildman–Crippen LogP) is 5.87. The fourth-order valence-electron chi connectivity index (χ4n) is 4.80. The molecular formula is C28H27Cl2NO4. The van der Waals surface area contributed by atoms with Gasteiger partial charge in [0.1, 0.15) is 24.1 Å². The molecule has 0 aromatic heterocycles. The Morgan fingerprint density at radius 2 is 1.83 bits per heavy atom. The van der Waals surface area contributed by atoms with Gasteiger partial charge in [-0.15, -0.1) is 0 Å². The summed E-state index contributed by atoms with van der Waals surface area (Å²) in [6.45, 7) is 1.74. The summed E-state index contributed by atoms with van der Waals surface area (Å²) >= 11 is 12.1. The standard InChI is InChI=1S/C28H27Cl2NO4/c1-33-28(32)26-13-20-14-27-21(12-22(20)15-31-26)11-19(8-9-34-27)18-3-5-23(6-4-18)35-16-17-2-7-24(29)25(30)10-17/h2-7,10,12,14,19,26,31H,8-9,11,13,15-16H2,1H3/t19-,26+/m1/s1. The third-order valence-electron chi connectivity index (χ3n) is 6.76. The number of fused-ring (bicyclic) bond motifs is 2. The van der Waals surface area contributed by atoms with Gasteiger partial charge in [-0.3, -0.25) is 4.79 Å². The van der Waals surface area contributed by atoms with Crippen molar-refractivity contribution in [3.63, 3.8) is 0 Å². The van der Waals surface area contributed by atoms with Crippen LogP contribution in [0.4, 0.5) is 0 Å². The Morgan fingerprint density at radius 1 is 1.00 bits per heavy atom. The highest BCUT2D eigenvalue weighted by molar-refractivity contribution is 6.42. The van der Waals surface area contributed by atoms with Crippen LogP contribution < -0.4 is 14.8 Å². The Balaban J connectivity index is 1.26. The molecular weight excluding hydrogens is 485 g/mol. The number of ether oxygens (including phenoxy) is 3. The molecule has 0 fully saturated rings. The van der Waals surface area contributed by atoms with Crippen molar-refractivity contribution in [3.05, 3.63) is 92.5 Å². The number of carbonyl (C=O) groups is 1. The molecule has 3 aromatic carbocycles. The Morgan fingerprint density at radius 3 is 2.60 bits per heavy atom. The van der Waals surface area contributed by atoms with Crippen LogP contribution in [-0.2, 0) is 35.5 Å². The van der Waals surface area contributed by atoms with Gasteiger partial charge in [0.15, 0.2) is 0 Å². The fourth-order valence-corrected chi connectivity index (χ4v) is 5.12. The second kappa shape index (κ2) is 10.5. The van der Waals surface area contributed by atoms with Crippen LogP contribution in [0.25, 0.3) is 0 Å². The van der Waals surface area contributed by atoms with E-state index in [9.17, 15) is 4.79 Å². The number of halogens is 2. The average molecular weight is 512 g/mol. The van der Waals surface area contributed by atoms with Crippen LogP contribution in [-0.4, -0.2) is 25.7 Å². The molecule has 0 saturated heterocycles. The van der Waals surface area contributed by atoms with E-state index in [0.717, 1.165) is 35.5 Å². The van der Waals surface area contributed by atoms with Gasteiger partial charge >= 0.3 is 5.97 Å². The Bertz CT molecular complexity index is 1230. The van der Waals surface area contributed by atoms with E-state index < -0.39 is 0 Å². The molecule has 0 spiro atoms. The lowest BCUT2D eigenvalue weighted by atomic mass is 9.87. The van der Waals surface area contributed by atoms with E-state index in [1.165, 1.54) is 23.8 Å². The van der Waals surface area contributed by atoms with Crippen molar-refractivity contribution in [2.24, 2.45) is 0 Å². The van der Waals surface area contributed by atoms with Gasteiger partial charge in [-0.2, -0.15) is 0 Å². The molecule has 0 radical (unpaired) electrons. The predicted molar refractivity (Wildman–Crippen MR) is 137 cm³/mol. The Hall–Kier alpha value is -2.73. The first-order chi connectivity index (χ1) is 17.0. The molecule has 35 heavy (non-hydrogen) atoms. The number of rotatable bonds is 5. The second-order valence-corrected chi connectivity index (χ2v) is 9.85. The monoisotopic (exact) mass is 511 g/mol. The Labute approximate surface area is 215 Å². The summed E-state index contributed by atoms with van der Waals surface area (Å²) in [6.07, 6.45) is 2.46. The van der Waals surface area contributed by atoms with Crippen molar-refractivity contribution in [2.45, 2.75) is 44.4 Å². The third-order valence-corrected chi connectivity index (χ3v) is 7.50. The van der Waals surface area contributed by atoms with E-state index in [2.05, 4.69) is 29.6 Å². The zero-order valence-electron chi connectivity index (χ0n) is 19.5. The van der Waals surface area contributed by atoms with Crippen LogP contribution in [0, 0.1) is 0 Å². The lowest BCUT2D eigenvalue weighted by Crippen LogP contribution is -2.42. The molecule has 0 saturated carbocycles. The van der Waals surface area contributed by atoms with Crippen LogP contribution in [0.5, 0.6) is 11.5 Å². The van der Waals surface area contributed by atoms with Crippen molar-refractivity contribution in [3.8, 4) is 11.5 Å². The number of hydrogen-bond acceptors (Lipinski definition) is 5. The van der Waals surface area contributed by atoms with Crippen LogP contribution in [0.15, 0.2) is 54.6 Å². The molecule has 182 valence electrons. The lowest BCUT2D eigenvalue weighted by Gasteiger charge is -2.25. The molecule has 2 atom stereocenters. The van der Waals surface area contributed by atoms with Gasteiger partial charge in [0.05, 0.1) is 23.8 Å². The molecule has 2 aliphatic heterocycles. The van der Waals surface area contributed by atoms with Gasteiger partial charge in [0.2, 0.25) is 0 Å². The molecule has 7 heteroatoms. The van der Waals surface area contributed by atoms with Crippen molar-refractivity contribution < 1.29 is 19.0 Å². The first kappa shape index (κ1) is 24.0. The van der Waals surface area contributed by atoms with Crippen LogP contribution >= 0.6 is 23.2 Å². The topological polar surface area (TPSA) is 56.8 Å². The van der Waals surface area contributed by atoms with E-state index in [0.29, 0.717) is 42.1 Å². The minimum Gasteiger partial charge on any atom is -0.493 e. The molecule has 1 N–H and O–H groups in total. The summed E-state index contributed by atoms with van der Waals surface area (Å²) in [6, 6.07) is 17.9. The van der Waals surface area contributed by atoms with E-state index in [1.807, 2.05) is 24.3 Å². The normalized spacial score (nSPS) is 19.1. The number of hydrogen-bond donors (Lipinski definition) is 1. The van der Waals surface area contributed by atoms with Gasteiger partial charge in [0.25, 0.3) is 0 Å². The zero-order chi connectivity index (χ0) is 24.4. The molecule has 5 rings (SSSR count). The number of benzene rings is 3. The zero-order valence-corrected chi connectivity index (χ0v) is 21.0. The van der Waals surface area contributed by atoms with Gasteiger partial charge < -0.3 is 19.5 Å². The largest absolute Gasteiger partial charge is 0.493 e. The molecule has 0 aliphatic carbocycles. The maximum atomic E-state index is 11.9. The SMILES string of the molecule is COC(=O)[C@@H]1Cc2cc3c(cc2CN1)C[C@H](c1ccc(OCc2ccc(Cl)c(Cl)c2)cc1)CCO3. The van der Waals surface area contributed by atoms with Crippen molar-refractivity contribution in [2.75, 3.05) is 13.7 Å². The minimum atomic E-state index is -0.304. The third kappa shape index (κ3) is 5.43. The summed E-state index contributed by atoms with van der Waals surface area (Å²) in [7, 11) is 1.42. The van der Waals surface area contributed by atoms with E-state index in [1.54, 1.807) is 6.07 Å². The summed E-state index contributed by atoms with van der Waals surface area (Å²) < 4.78 is 17.0. The first-order valence-corrected chi connectivity index (χ1v) is 12.5. The van der Waals surface area contributed by atoms with Gasteiger partial charge in [-0.25, -0.2) is 0 Å². The Kier molecular flexibility index (Phi) is 7.19. The van der Waals surface area contributed by atoms with E-state index in [-0.39, 0.29) is 12.0 Å². The number of methoxy groups -OCH3 is 1. The van der Waals surface area contributed by atoms with E-state index >= 15 is 0 Å².